The number of nitrogens with two attached hydrogens (primary N) is 1. The van der Waals surface area contributed by atoms with Gasteiger partial charge in [0.25, 0.3) is 0 Å². The monoisotopic (exact) mass is 413 g/mol. The van der Waals surface area contributed by atoms with Gasteiger partial charge in [-0.2, -0.15) is 18.3 Å². The van der Waals surface area contributed by atoms with Crippen LogP contribution in [0.15, 0.2) is 48.5 Å². The van der Waals surface area contributed by atoms with E-state index < -0.39 is 17.8 Å². The van der Waals surface area contributed by atoms with Crippen molar-refractivity contribution in [2.75, 3.05) is 0 Å². The summed E-state index contributed by atoms with van der Waals surface area (Å²) in [6.07, 6.45) is -4.59. The van der Waals surface area contributed by atoms with Gasteiger partial charge in [-0.05, 0) is 42.0 Å². The fraction of sp³-hybridized carbons (Fsp3) is 0.111. The molecule has 0 bridgehead atoms. The molecule has 0 radical (unpaired) electrons. The molecule has 0 aliphatic rings. The summed E-state index contributed by atoms with van der Waals surface area (Å²) in [5.74, 6) is -0.505. The standard InChI is InChI=1S/C18H12Cl2F3N3O/c19-11-3-6-13(14(20)8-11)15-9-16(18(21,22)23)25-26(15)12-4-1-10(2-5-12)7-17(24)27/h1-6,8-9H,7H2,(H2,24,27). The number of aromatic nitrogens is 2. The molecule has 2 aromatic carbocycles. The van der Waals surface area contributed by atoms with E-state index in [9.17, 15) is 18.0 Å². The zero-order chi connectivity index (χ0) is 19.8. The Balaban J connectivity index is 2.13. The minimum absolute atomic E-state index is 0.0308. The maximum absolute atomic E-state index is 13.2. The van der Waals surface area contributed by atoms with Crippen LogP contribution in [0.5, 0.6) is 0 Å². The van der Waals surface area contributed by atoms with Gasteiger partial charge in [0.1, 0.15) is 0 Å². The van der Waals surface area contributed by atoms with Crippen LogP contribution in [0.3, 0.4) is 0 Å². The van der Waals surface area contributed by atoms with E-state index >= 15 is 0 Å². The zero-order valence-electron chi connectivity index (χ0n) is 13.6. The number of hydrogen-bond donors (Lipinski definition) is 1. The number of carbonyl (C=O) groups excluding carboxylic acids is 1. The fourth-order valence-corrected chi connectivity index (χ4v) is 3.07. The number of hydrogen-bond acceptors (Lipinski definition) is 2. The summed E-state index contributed by atoms with van der Waals surface area (Å²) in [5.41, 5.74) is 5.62. The lowest BCUT2D eigenvalue weighted by atomic mass is 10.1. The smallest absolute Gasteiger partial charge is 0.369 e. The molecule has 1 heterocycles. The van der Waals surface area contributed by atoms with Crippen LogP contribution in [0.4, 0.5) is 13.2 Å². The Labute approximate surface area is 162 Å². The third-order valence-electron chi connectivity index (χ3n) is 3.77. The van der Waals surface area contributed by atoms with Crippen molar-refractivity contribution in [3.05, 3.63) is 69.8 Å². The summed E-state index contributed by atoms with van der Waals surface area (Å²) in [4.78, 5) is 11.0. The van der Waals surface area contributed by atoms with Gasteiger partial charge in [0.05, 0.1) is 22.8 Å². The summed E-state index contributed by atoms with van der Waals surface area (Å²) in [5, 5.41) is 4.25. The lowest BCUT2D eigenvalue weighted by molar-refractivity contribution is -0.141. The number of primary amides is 1. The first-order chi connectivity index (χ1) is 12.6. The molecule has 0 spiro atoms. The second-order valence-electron chi connectivity index (χ2n) is 5.76. The summed E-state index contributed by atoms with van der Waals surface area (Å²) < 4.78 is 40.8. The van der Waals surface area contributed by atoms with Gasteiger partial charge in [0, 0.05) is 10.6 Å². The number of amides is 1. The Kier molecular flexibility index (Phi) is 5.17. The van der Waals surface area contributed by atoms with E-state index in [0.717, 1.165) is 10.7 Å². The third-order valence-corrected chi connectivity index (χ3v) is 4.31. The minimum atomic E-state index is -4.62. The van der Waals surface area contributed by atoms with Crippen LogP contribution in [0.25, 0.3) is 16.9 Å². The highest BCUT2D eigenvalue weighted by Gasteiger charge is 2.35. The summed E-state index contributed by atoms with van der Waals surface area (Å²) in [6, 6.07) is 11.7. The van der Waals surface area contributed by atoms with E-state index in [1.165, 1.54) is 18.2 Å². The van der Waals surface area contributed by atoms with E-state index in [1.54, 1.807) is 24.3 Å². The average molecular weight is 414 g/mol. The number of rotatable bonds is 4. The average Bonchev–Trinajstić information content (AvgIpc) is 3.00. The van der Waals surface area contributed by atoms with E-state index in [2.05, 4.69) is 5.10 Å². The normalized spacial score (nSPS) is 11.6. The molecule has 27 heavy (non-hydrogen) atoms. The van der Waals surface area contributed by atoms with Crippen LogP contribution in [-0.4, -0.2) is 15.7 Å². The number of benzene rings is 2. The zero-order valence-corrected chi connectivity index (χ0v) is 15.1. The molecule has 0 aliphatic carbocycles. The maximum atomic E-state index is 13.2. The van der Waals surface area contributed by atoms with Gasteiger partial charge in [-0.15, -0.1) is 0 Å². The van der Waals surface area contributed by atoms with Crippen molar-refractivity contribution in [1.29, 1.82) is 0 Å². The largest absolute Gasteiger partial charge is 0.435 e. The first kappa shape index (κ1) is 19.3. The van der Waals surface area contributed by atoms with Crippen LogP contribution in [-0.2, 0) is 17.4 Å². The Morgan fingerprint density at radius 3 is 2.30 bits per heavy atom. The molecule has 1 aromatic heterocycles. The van der Waals surface area contributed by atoms with Crippen LogP contribution >= 0.6 is 23.2 Å². The molecule has 9 heteroatoms. The topological polar surface area (TPSA) is 60.9 Å². The molecular weight excluding hydrogens is 402 g/mol. The number of carbonyl (C=O) groups is 1. The van der Waals surface area contributed by atoms with Gasteiger partial charge in [-0.25, -0.2) is 4.68 Å². The molecule has 3 rings (SSSR count). The second-order valence-corrected chi connectivity index (χ2v) is 6.60. The van der Waals surface area contributed by atoms with Crippen molar-refractivity contribution >= 4 is 29.1 Å². The molecule has 0 unspecified atom stereocenters. The summed E-state index contributed by atoms with van der Waals surface area (Å²) in [7, 11) is 0. The van der Waals surface area contributed by atoms with Crippen LogP contribution in [0.1, 0.15) is 11.3 Å². The molecule has 140 valence electrons. The third kappa shape index (κ3) is 4.26. The Morgan fingerprint density at radius 2 is 1.74 bits per heavy atom. The molecule has 1 amide bonds. The highest BCUT2D eigenvalue weighted by molar-refractivity contribution is 6.36. The number of nitrogens with zero attached hydrogens (tertiary/aromatic N) is 2. The molecule has 0 saturated heterocycles. The Morgan fingerprint density at radius 1 is 1.07 bits per heavy atom. The molecule has 0 saturated carbocycles. The van der Waals surface area contributed by atoms with Gasteiger partial charge in [-0.1, -0.05) is 35.3 Å². The fourth-order valence-electron chi connectivity index (χ4n) is 2.56. The van der Waals surface area contributed by atoms with Gasteiger partial charge in [-0.3, -0.25) is 4.79 Å². The van der Waals surface area contributed by atoms with Crippen LogP contribution in [0.2, 0.25) is 10.0 Å². The van der Waals surface area contributed by atoms with Crippen molar-refractivity contribution < 1.29 is 18.0 Å². The summed E-state index contributed by atoms with van der Waals surface area (Å²) >= 11 is 12.0. The Hall–Kier alpha value is -2.51. The van der Waals surface area contributed by atoms with Crippen molar-refractivity contribution in [3.8, 4) is 16.9 Å². The molecule has 4 nitrogen and oxygen atoms in total. The summed E-state index contributed by atoms with van der Waals surface area (Å²) in [6.45, 7) is 0. The predicted octanol–water partition coefficient (Wildman–Crippen LogP) is 4.89. The van der Waals surface area contributed by atoms with E-state index in [0.29, 0.717) is 21.8 Å². The SMILES string of the molecule is NC(=O)Cc1ccc(-n2nc(C(F)(F)F)cc2-c2ccc(Cl)cc2Cl)cc1. The van der Waals surface area contributed by atoms with E-state index in [4.69, 9.17) is 28.9 Å². The van der Waals surface area contributed by atoms with Gasteiger partial charge in [0.15, 0.2) is 5.69 Å². The highest BCUT2D eigenvalue weighted by Crippen LogP contribution is 2.36. The Bertz CT molecular complexity index is 998. The maximum Gasteiger partial charge on any atom is 0.435 e. The van der Waals surface area contributed by atoms with Crippen molar-refractivity contribution in [1.82, 2.24) is 9.78 Å². The minimum Gasteiger partial charge on any atom is -0.369 e. The molecule has 3 aromatic rings. The second kappa shape index (κ2) is 7.25. The van der Waals surface area contributed by atoms with Crippen LogP contribution < -0.4 is 5.73 Å². The van der Waals surface area contributed by atoms with E-state index in [1.807, 2.05) is 0 Å². The highest BCUT2D eigenvalue weighted by atomic mass is 35.5. The van der Waals surface area contributed by atoms with Gasteiger partial charge in [0.2, 0.25) is 5.91 Å². The van der Waals surface area contributed by atoms with Crippen molar-refractivity contribution in [2.45, 2.75) is 12.6 Å². The lowest BCUT2D eigenvalue weighted by Gasteiger charge is -2.10. The molecule has 0 atom stereocenters. The predicted molar refractivity (Wildman–Crippen MR) is 96.9 cm³/mol. The molecular formula is C18H12Cl2F3N3O. The van der Waals surface area contributed by atoms with Crippen LogP contribution in [0, 0.1) is 0 Å². The number of alkyl halides is 3. The lowest BCUT2D eigenvalue weighted by Crippen LogP contribution is -2.13. The molecule has 0 fully saturated rings. The van der Waals surface area contributed by atoms with Gasteiger partial charge < -0.3 is 5.73 Å². The van der Waals surface area contributed by atoms with Gasteiger partial charge >= 0.3 is 6.18 Å². The molecule has 2 N–H and O–H groups in total. The van der Waals surface area contributed by atoms with E-state index in [-0.39, 0.29) is 17.1 Å². The molecule has 0 aliphatic heterocycles. The van der Waals surface area contributed by atoms with Crippen molar-refractivity contribution in [2.24, 2.45) is 5.73 Å². The first-order valence-corrected chi connectivity index (χ1v) is 8.41. The van der Waals surface area contributed by atoms with Crippen molar-refractivity contribution in [3.63, 3.8) is 0 Å². The number of halogens is 5. The quantitative estimate of drug-likeness (QED) is 0.661. The first-order valence-electron chi connectivity index (χ1n) is 7.65.